The van der Waals surface area contributed by atoms with E-state index in [9.17, 15) is 5.11 Å². The van der Waals surface area contributed by atoms with Crippen molar-refractivity contribution in [2.45, 2.75) is 37.7 Å². The predicted octanol–water partition coefficient (Wildman–Crippen LogP) is 2.71. The van der Waals surface area contributed by atoms with Crippen LogP contribution in [0.2, 0.25) is 0 Å². The summed E-state index contributed by atoms with van der Waals surface area (Å²) in [6.07, 6.45) is 4.19. The van der Waals surface area contributed by atoms with Crippen LogP contribution in [0.15, 0.2) is 30.3 Å². The number of rotatable bonds is 1. The fourth-order valence-corrected chi connectivity index (χ4v) is 2.13. The quantitative estimate of drug-likeness (QED) is 0.697. The van der Waals surface area contributed by atoms with E-state index in [0.29, 0.717) is 5.92 Å². The topological polar surface area (TPSA) is 20.2 Å². The van der Waals surface area contributed by atoms with E-state index in [1.807, 2.05) is 0 Å². The summed E-state index contributed by atoms with van der Waals surface area (Å²) in [6.45, 7) is 0. The third-order valence-corrected chi connectivity index (χ3v) is 2.97. The van der Waals surface area contributed by atoms with Gasteiger partial charge in [0.15, 0.2) is 0 Å². The molecule has 0 aromatic heterocycles. The second-order valence-electron chi connectivity index (χ2n) is 3.92. The van der Waals surface area contributed by atoms with Crippen LogP contribution in [0.5, 0.6) is 0 Å². The van der Waals surface area contributed by atoms with Crippen molar-refractivity contribution in [3.05, 3.63) is 35.9 Å². The van der Waals surface area contributed by atoms with E-state index in [1.165, 1.54) is 5.56 Å². The lowest BCUT2D eigenvalue weighted by molar-refractivity contribution is 0.122. The Kier molecular flexibility index (Phi) is 2.65. The highest BCUT2D eigenvalue weighted by molar-refractivity contribution is 5.19. The van der Waals surface area contributed by atoms with Crippen molar-refractivity contribution in [3.8, 4) is 0 Å². The maximum atomic E-state index is 9.37. The van der Waals surface area contributed by atoms with Gasteiger partial charge in [0.2, 0.25) is 0 Å². The van der Waals surface area contributed by atoms with Gasteiger partial charge in [-0.05, 0) is 37.2 Å². The van der Waals surface area contributed by atoms with Gasteiger partial charge in [0.25, 0.3) is 0 Å². The maximum Gasteiger partial charge on any atom is 0.0540 e. The molecule has 1 saturated carbocycles. The highest BCUT2D eigenvalue weighted by atomic mass is 16.3. The van der Waals surface area contributed by atoms with E-state index in [2.05, 4.69) is 30.3 Å². The molecule has 1 nitrogen and oxygen atoms in total. The van der Waals surface area contributed by atoms with Gasteiger partial charge in [0, 0.05) is 0 Å². The standard InChI is InChI=1S/C12H16O/c13-12-8-6-11(7-9-12)10-4-2-1-3-5-10/h1-5,11-13H,6-9H2. The SMILES string of the molecule is OC1CCC(c2ccccc2)CC1. The van der Waals surface area contributed by atoms with Crippen molar-refractivity contribution >= 4 is 0 Å². The first-order valence-corrected chi connectivity index (χ1v) is 5.09. The molecule has 0 heterocycles. The Morgan fingerprint density at radius 2 is 1.54 bits per heavy atom. The highest BCUT2D eigenvalue weighted by Crippen LogP contribution is 2.32. The first kappa shape index (κ1) is 8.76. The molecular weight excluding hydrogens is 160 g/mol. The van der Waals surface area contributed by atoms with Crippen LogP contribution in [0.3, 0.4) is 0 Å². The van der Waals surface area contributed by atoms with Crippen molar-refractivity contribution in [2.24, 2.45) is 0 Å². The average molecular weight is 176 g/mol. The minimum absolute atomic E-state index is 0.0417. The molecule has 1 aromatic rings. The first-order valence-electron chi connectivity index (χ1n) is 5.09. The molecule has 1 aliphatic rings. The maximum absolute atomic E-state index is 9.37. The Balaban J connectivity index is 2.03. The van der Waals surface area contributed by atoms with Crippen LogP contribution in [-0.4, -0.2) is 11.2 Å². The Bertz CT molecular complexity index is 247. The van der Waals surface area contributed by atoms with Gasteiger partial charge >= 0.3 is 0 Å². The van der Waals surface area contributed by atoms with Crippen LogP contribution in [0.1, 0.15) is 37.2 Å². The Morgan fingerprint density at radius 1 is 0.923 bits per heavy atom. The molecule has 0 amide bonds. The van der Waals surface area contributed by atoms with E-state index in [1.54, 1.807) is 0 Å². The van der Waals surface area contributed by atoms with Crippen molar-refractivity contribution < 1.29 is 5.11 Å². The molecule has 0 saturated heterocycles. The van der Waals surface area contributed by atoms with Crippen LogP contribution in [0.4, 0.5) is 0 Å². The van der Waals surface area contributed by atoms with Crippen molar-refractivity contribution in [2.75, 3.05) is 0 Å². The van der Waals surface area contributed by atoms with Gasteiger partial charge in [-0.3, -0.25) is 0 Å². The zero-order valence-corrected chi connectivity index (χ0v) is 7.82. The van der Waals surface area contributed by atoms with Crippen molar-refractivity contribution in [3.63, 3.8) is 0 Å². The molecule has 1 aromatic carbocycles. The predicted molar refractivity (Wildman–Crippen MR) is 53.7 cm³/mol. The second kappa shape index (κ2) is 3.93. The lowest BCUT2D eigenvalue weighted by atomic mass is 9.83. The van der Waals surface area contributed by atoms with Crippen LogP contribution < -0.4 is 0 Å². The zero-order chi connectivity index (χ0) is 9.10. The third kappa shape index (κ3) is 2.10. The highest BCUT2D eigenvalue weighted by Gasteiger charge is 2.19. The molecule has 1 heteroatoms. The molecule has 0 atom stereocenters. The Morgan fingerprint density at radius 3 is 2.15 bits per heavy atom. The molecule has 1 fully saturated rings. The second-order valence-corrected chi connectivity index (χ2v) is 3.92. The smallest absolute Gasteiger partial charge is 0.0540 e. The molecule has 0 spiro atoms. The number of hydrogen-bond acceptors (Lipinski definition) is 1. The summed E-state index contributed by atoms with van der Waals surface area (Å²) in [4.78, 5) is 0. The summed E-state index contributed by atoms with van der Waals surface area (Å²) < 4.78 is 0. The molecule has 1 aliphatic carbocycles. The third-order valence-electron chi connectivity index (χ3n) is 2.97. The molecule has 0 unspecified atom stereocenters. The molecule has 13 heavy (non-hydrogen) atoms. The monoisotopic (exact) mass is 176 g/mol. The number of hydrogen-bond donors (Lipinski definition) is 1. The first-order chi connectivity index (χ1) is 6.36. The Hall–Kier alpha value is -0.820. The minimum Gasteiger partial charge on any atom is -0.393 e. The summed E-state index contributed by atoms with van der Waals surface area (Å²) in [7, 11) is 0. The molecule has 1 N–H and O–H groups in total. The summed E-state index contributed by atoms with van der Waals surface area (Å²) in [6, 6.07) is 10.6. The summed E-state index contributed by atoms with van der Waals surface area (Å²) in [5.74, 6) is 0.685. The normalized spacial score (nSPS) is 28.7. The molecule has 0 radical (unpaired) electrons. The van der Waals surface area contributed by atoms with Crippen LogP contribution >= 0.6 is 0 Å². The molecular formula is C12H16O. The minimum atomic E-state index is -0.0417. The van der Waals surface area contributed by atoms with Gasteiger partial charge in [-0.2, -0.15) is 0 Å². The summed E-state index contributed by atoms with van der Waals surface area (Å²) in [5, 5.41) is 9.37. The van der Waals surface area contributed by atoms with Gasteiger partial charge in [-0.15, -0.1) is 0 Å². The van der Waals surface area contributed by atoms with E-state index < -0.39 is 0 Å². The lowest BCUT2D eigenvalue weighted by Gasteiger charge is -2.25. The molecule has 0 aliphatic heterocycles. The lowest BCUT2D eigenvalue weighted by Crippen LogP contribution is -2.16. The number of aliphatic hydroxyl groups is 1. The van der Waals surface area contributed by atoms with Crippen LogP contribution in [0.25, 0.3) is 0 Å². The van der Waals surface area contributed by atoms with E-state index in [0.717, 1.165) is 25.7 Å². The van der Waals surface area contributed by atoms with Gasteiger partial charge in [-0.25, -0.2) is 0 Å². The van der Waals surface area contributed by atoms with Gasteiger partial charge in [0.1, 0.15) is 0 Å². The zero-order valence-electron chi connectivity index (χ0n) is 7.82. The van der Waals surface area contributed by atoms with Gasteiger partial charge in [-0.1, -0.05) is 30.3 Å². The molecule has 70 valence electrons. The Labute approximate surface area is 79.4 Å². The van der Waals surface area contributed by atoms with E-state index >= 15 is 0 Å². The molecule has 2 rings (SSSR count). The summed E-state index contributed by atoms with van der Waals surface area (Å²) >= 11 is 0. The molecule has 0 bridgehead atoms. The number of benzene rings is 1. The summed E-state index contributed by atoms with van der Waals surface area (Å²) in [5.41, 5.74) is 1.44. The van der Waals surface area contributed by atoms with Gasteiger partial charge < -0.3 is 5.11 Å². The number of aliphatic hydroxyl groups excluding tert-OH is 1. The van der Waals surface area contributed by atoms with Crippen LogP contribution in [0, 0.1) is 0 Å². The van der Waals surface area contributed by atoms with E-state index in [-0.39, 0.29) is 6.10 Å². The largest absolute Gasteiger partial charge is 0.393 e. The fourth-order valence-electron chi connectivity index (χ4n) is 2.13. The average Bonchev–Trinajstić information content (AvgIpc) is 2.20. The van der Waals surface area contributed by atoms with Crippen LogP contribution in [-0.2, 0) is 0 Å². The van der Waals surface area contributed by atoms with E-state index in [4.69, 9.17) is 0 Å². The van der Waals surface area contributed by atoms with Crippen molar-refractivity contribution in [1.29, 1.82) is 0 Å². The van der Waals surface area contributed by atoms with Crippen molar-refractivity contribution in [1.82, 2.24) is 0 Å². The fraction of sp³-hybridized carbons (Fsp3) is 0.500. The van der Waals surface area contributed by atoms with Gasteiger partial charge in [0.05, 0.1) is 6.10 Å².